The molecule has 3 rings (SSSR count). The Balaban J connectivity index is 1.73. The number of aliphatic hydroxyl groups excluding tert-OH is 3. The molecule has 0 aromatic carbocycles. The van der Waals surface area contributed by atoms with Gasteiger partial charge >= 0.3 is 0 Å². The number of nitrogens with zero attached hydrogens (tertiary/aromatic N) is 4. The van der Waals surface area contributed by atoms with Crippen LogP contribution in [0.1, 0.15) is 12.8 Å². The number of aromatic nitrogens is 3. The van der Waals surface area contributed by atoms with Gasteiger partial charge in [-0.15, -0.1) is 0 Å². The summed E-state index contributed by atoms with van der Waals surface area (Å²) in [6, 6.07) is 0. The number of rotatable bonds is 6. The molecule has 1 aromatic heterocycles. The first kappa shape index (κ1) is 18.5. The summed E-state index contributed by atoms with van der Waals surface area (Å²) in [5, 5.41) is 31.0. The van der Waals surface area contributed by atoms with Gasteiger partial charge in [-0.05, 0) is 11.6 Å². The van der Waals surface area contributed by atoms with Gasteiger partial charge in [0.2, 0.25) is 17.2 Å². The maximum atomic E-state index is 9.42. The van der Waals surface area contributed by atoms with Crippen molar-refractivity contribution in [1.82, 2.24) is 15.0 Å². The highest BCUT2D eigenvalue weighted by Crippen LogP contribution is 2.32. The molecule has 140 valence electrons. The van der Waals surface area contributed by atoms with Gasteiger partial charge in [-0.25, -0.2) is 0 Å². The van der Waals surface area contributed by atoms with Gasteiger partial charge in [-0.3, -0.25) is 0 Å². The zero-order valence-electron chi connectivity index (χ0n) is 13.7. The Bertz CT molecular complexity index is 579. The highest BCUT2D eigenvalue weighted by molar-refractivity contribution is 6.28. The van der Waals surface area contributed by atoms with Crippen molar-refractivity contribution in [3.63, 3.8) is 0 Å². The summed E-state index contributed by atoms with van der Waals surface area (Å²) >= 11 is 5.98. The average molecular weight is 376 g/mol. The van der Waals surface area contributed by atoms with E-state index in [4.69, 9.17) is 21.1 Å². The van der Waals surface area contributed by atoms with E-state index in [1.54, 1.807) is 0 Å². The number of halogens is 1. The van der Waals surface area contributed by atoms with Crippen LogP contribution < -0.4 is 10.2 Å². The number of ether oxygens (including phenoxy) is 2. The molecule has 4 N–H and O–H groups in total. The molecular formula is C14H22ClN5O5. The van der Waals surface area contributed by atoms with Crippen LogP contribution in [0.2, 0.25) is 5.28 Å². The predicted molar refractivity (Wildman–Crippen MR) is 88.5 cm³/mol. The van der Waals surface area contributed by atoms with Crippen LogP contribution in [0, 0.1) is 0 Å². The molecule has 0 unspecified atom stereocenters. The third-order valence-electron chi connectivity index (χ3n) is 4.50. The van der Waals surface area contributed by atoms with Crippen LogP contribution in [0.4, 0.5) is 11.9 Å². The fourth-order valence-corrected chi connectivity index (χ4v) is 3.03. The summed E-state index contributed by atoms with van der Waals surface area (Å²) in [4.78, 5) is 14.3. The third kappa shape index (κ3) is 3.94. The van der Waals surface area contributed by atoms with Gasteiger partial charge in [-0.1, -0.05) is 0 Å². The van der Waals surface area contributed by atoms with E-state index in [2.05, 4.69) is 20.3 Å². The minimum atomic E-state index is -1.35. The lowest BCUT2D eigenvalue weighted by Gasteiger charge is -2.37. The molecule has 2 aliphatic rings. The van der Waals surface area contributed by atoms with Crippen LogP contribution in [0.5, 0.6) is 0 Å². The van der Waals surface area contributed by atoms with E-state index in [0.29, 0.717) is 45.1 Å². The largest absolute Gasteiger partial charge is 0.394 e. The van der Waals surface area contributed by atoms with Crippen molar-refractivity contribution in [1.29, 1.82) is 0 Å². The van der Waals surface area contributed by atoms with E-state index < -0.39 is 31.1 Å². The van der Waals surface area contributed by atoms with Crippen LogP contribution in [0.3, 0.4) is 0 Å². The summed E-state index contributed by atoms with van der Waals surface area (Å²) < 4.78 is 11.4. The first-order valence-electron chi connectivity index (χ1n) is 8.09. The Labute approximate surface area is 149 Å². The minimum absolute atomic E-state index is 0.0242. The second kappa shape index (κ2) is 7.52. The predicted octanol–water partition coefficient (Wildman–Crippen LogP) is -1.00. The molecule has 0 saturated carbocycles. The van der Waals surface area contributed by atoms with Crippen molar-refractivity contribution in [2.75, 3.05) is 56.3 Å². The number of nitrogens with one attached hydrogen (secondary N) is 1. The Kier molecular flexibility index (Phi) is 5.56. The Morgan fingerprint density at radius 3 is 2.20 bits per heavy atom. The second-order valence-corrected chi connectivity index (χ2v) is 6.54. The molecule has 2 fully saturated rings. The highest BCUT2D eigenvalue weighted by Gasteiger charge is 2.40. The molecule has 3 heterocycles. The second-order valence-electron chi connectivity index (χ2n) is 6.20. The number of piperidine rings is 1. The molecule has 0 radical (unpaired) electrons. The smallest absolute Gasteiger partial charge is 0.231 e. The zero-order chi connectivity index (χ0) is 17.9. The van der Waals surface area contributed by atoms with Gasteiger partial charge in [0.1, 0.15) is 5.54 Å². The maximum Gasteiger partial charge on any atom is 0.231 e. The molecule has 0 atom stereocenters. The Morgan fingerprint density at radius 2 is 1.64 bits per heavy atom. The van der Waals surface area contributed by atoms with Crippen molar-refractivity contribution in [2.45, 2.75) is 24.2 Å². The summed E-state index contributed by atoms with van der Waals surface area (Å²) in [5.74, 6) is -0.0623. The van der Waals surface area contributed by atoms with Gasteiger partial charge in [0, 0.05) is 25.9 Å². The first-order chi connectivity index (χ1) is 12.0. The number of hydrogen-bond donors (Lipinski definition) is 4. The molecule has 10 nitrogen and oxygen atoms in total. The van der Waals surface area contributed by atoms with Crippen molar-refractivity contribution >= 4 is 23.5 Å². The van der Waals surface area contributed by atoms with E-state index in [1.165, 1.54) is 0 Å². The van der Waals surface area contributed by atoms with Crippen LogP contribution in [0.15, 0.2) is 0 Å². The summed E-state index contributed by atoms with van der Waals surface area (Å²) in [7, 11) is 0. The lowest BCUT2D eigenvalue weighted by atomic mass is 10.0. The van der Waals surface area contributed by atoms with E-state index in [1.807, 2.05) is 4.90 Å². The summed E-state index contributed by atoms with van der Waals surface area (Å²) in [5.41, 5.74) is -1.35. The fraction of sp³-hybridized carbons (Fsp3) is 0.786. The molecule has 1 aromatic rings. The van der Waals surface area contributed by atoms with Crippen LogP contribution in [-0.2, 0) is 9.47 Å². The average Bonchev–Trinajstić information content (AvgIpc) is 3.08. The van der Waals surface area contributed by atoms with Gasteiger partial charge in [-0.2, -0.15) is 15.0 Å². The first-order valence-corrected chi connectivity index (χ1v) is 8.47. The Hall–Kier alpha value is -1.30. The van der Waals surface area contributed by atoms with E-state index in [9.17, 15) is 15.3 Å². The van der Waals surface area contributed by atoms with E-state index in [-0.39, 0.29) is 11.2 Å². The molecule has 0 amide bonds. The number of anilines is 2. The number of aliphatic hydroxyl groups is 3. The van der Waals surface area contributed by atoms with Crippen molar-refractivity contribution in [3.05, 3.63) is 5.28 Å². The quantitative estimate of drug-likeness (QED) is 0.490. The topological polar surface area (TPSA) is 133 Å². The van der Waals surface area contributed by atoms with E-state index in [0.717, 1.165) is 0 Å². The van der Waals surface area contributed by atoms with Crippen LogP contribution in [0.25, 0.3) is 0 Å². The standard InChI is InChI=1S/C14H22ClN5O5/c15-10-16-11(19-13(7-21,8-22)9-23)18-12(17-10)20-3-1-14(2-4-20)24-5-6-25-14/h21-23H,1-9H2,(H,16,17,18,19). The fourth-order valence-electron chi connectivity index (χ4n) is 2.88. The third-order valence-corrected chi connectivity index (χ3v) is 4.67. The molecule has 2 aliphatic heterocycles. The van der Waals surface area contributed by atoms with Gasteiger partial charge in [0.25, 0.3) is 0 Å². The molecular weight excluding hydrogens is 354 g/mol. The lowest BCUT2D eigenvalue weighted by molar-refractivity contribution is -0.169. The molecule has 0 bridgehead atoms. The highest BCUT2D eigenvalue weighted by atomic mass is 35.5. The van der Waals surface area contributed by atoms with Crippen LogP contribution in [-0.4, -0.2) is 87.7 Å². The van der Waals surface area contributed by atoms with E-state index >= 15 is 0 Å². The Morgan fingerprint density at radius 1 is 1.04 bits per heavy atom. The van der Waals surface area contributed by atoms with Gasteiger partial charge < -0.3 is 35.0 Å². The summed E-state index contributed by atoms with van der Waals surface area (Å²) in [6.45, 7) is 0.975. The molecule has 2 saturated heterocycles. The minimum Gasteiger partial charge on any atom is -0.394 e. The molecule has 25 heavy (non-hydrogen) atoms. The number of hydrogen-bond acceptors (Lipinski definition) is 10. The molecule has 11 heteroatoms. The van der Waals surface area contributed by atoms with Gasteiger partial charge in [0.15, 0.2) is 5.79 Å². The zero-order valence-corrected chi connectivity index (χ0v) is 14.4. The van der Waals surface area contributed by atoms with Crippen molar-refractivity contribution in [3.8, 4) is 0 Å². The van der Waals surface area contributed by atoms with Crippen LogP contribution >= 0.6 is 11.6 Å². The normalized spacial score (nSPS) is 20.2. The SMILES string of the molecule is OCC(CO)(CO)Nc1nc(Cl)nc(N2CCC3(CC2)OCCO3)n1. The maximum absolute atomic E-state index is 9.42. The molecule has 0 aliphatic carbocycles. The molecule has 1 spiro atoms. The van der Waals surface area contributed by atoms with Gasteiger partial charge in [0.05, 0.1) is 33.0 Å². The summed E-state index contributed by atoms with van der Waals surface area (Å²) in [6.07, 6.45) is 1.37. The monoisotopic (exact) mass is 375 g/mol. The van der Waals surface area contributed by atoms with Crippen molar-refractivity contribution in [2.24, 2.45) is 0 Å². The lowest BCUT2D eigenvalue weighted by Crippen LogP contribution is -2.50. The van der Waals surface area contributed by atoms with Crippen molar-refractivity contribution < 1.29 is 24.8 Å².